The van der Waals surface area contributed by atoms with E-state index >= 15 is 0 Å². The van der Waals surface area contributed by atoms with Crippen molar-refractivity contribution in [1.82, 2.24) is 10.2 Å². The summed E-state index contributed by atoms with van der Waals surface area (Å²) in [5.41, 5.74) is 4.19. The number of hydrogen-bond donors (Lipinski definition) is 1. The molecular formula is C19H17BrFN2O2P. The van der Waals surface area contributed by atoms with Gasteiger partial charge in [-0.2, -0.15) is 5.10 Å². The highest BCUT2D eigenvalue weighted by Gasteiger charge is 2.21. The van der Waals surface area contributed by atoms with Crippen molar-refractivity contribution in [2.75, 3.05) is 13.2 Å². The Morgan fingerprint density at radius 2 is 2.00 bits per heavy atom. The third kappa shape index (κ3) is 3.60. The van der Waals surface area contributed by atoms with Crippen LogP contribution in [0.4, 0.5) is 4.39 Å². The fourth-order valence-corrected chi connectivity index (χ4v) is 3.77. The van der Waals surface area contributed by atoms with E-state index in [0.29, 0.717) is 25.2 Å². The van der Waals surface area contributed by atoms with Crippen LogP contribution in [0.15, 0.2) is 46.9 Å². The Kier molecular flexibility index (Phi) is 5.18. The standard InChI is InChI=1S/C19H17BrFN2O2P/c20-15-2-1-3-16(21)13(15)9-12-10-17(23-22-12)11-4-5-18(26)14(8-11)19-24-6-7-25-19/h1-5,8,10,19H,6-7,9,26H2,(H,22,23). The van der Waals surface area contributed by atoms with Gasteiger partial charge < -0.3 is 9.47 Å². The number of nitrogens with zero attached hydrogens (tertiary/aromatic N) is 1. The van der Waals surface area contributed by atoms with Crippen LogP contribution in [-0.2, 0) is 15.9 Å². The Hall–Kier alpha value is -1.59. The SMILES string of the molecule is Fc1cccc(Br)c1Cc1cc(-c2ccc(P)c(C3OCCO3)c2)n[nH]1. The summed E-state index contributed by atoms with van der Waals surface area (Å²) < 4.78 is 26.0. The van der Waals surface area contributed by atoms with E-state index in [4.69, 9.17) is 9.47 Å². The van der Waals surface area contributed by atoms with E-state index in [9.17, 15) is 4.39 Å². The Morgan fingerprint density at radius 1 is 1.19 bits per heavy atom. The average molecular weight is 435 g/mol. The summed E-state index contributed by atoms with van der Waals surface area (Å²) in [6.45, 7) is 1.20. The first-order valence-corrected chi connectivity index (χ1v) is 9.59. The zero-order chi connectivity index (χ0) is 18.1. The molecule has 26 heavy (non-hydrogen) atoms. The van der Waals surface area contributed by atoms with Crippen LogP contribution in [0.5, 0.6) is 0 Å². The first-order chi connectivity index (χ1) is 12.6. The summed E-state index contributed by atoms with van der Waals surface area (Å²) in [5, 5.41) is 8.43. The number of nitrogens with one attached hydrogen (secondary N) is 1. The monoisotopic (exact) mass is 434 g/mol. The van der Waals surface area contributed by atoms with E-state index < -0.39 is 0 Å². The minimum absolute atomic E-state index is 0.235. The number of halogens is 2. The molecule has 0 saturated carbocycles. The predicted octanol–water partition coefficient (Wildman–Crippen LogP) is 4.11. The van der Waals surface area contributed by atoms with Gasteiger partial charge >= 0.3 is 0 Å². The van der Waals surface area contributed by atoms with Crippen LogP contribution < -0.4 is 5.30 Å². The lowest BCUT2D eigenvalue weighted by molar-refractivity contribution is -0.0432. The van der Waals surface area contributed by atoms with Crippen molar-refractivity contribution in [3.63, 3.8) is 0 Å². The van der Waals surface area contributed by atoms with E-state index in [0.717, 1.165) is 32.3 Å². The first-order valence-electron chi connectivity index (χ1n) is 8.22. The molecule has 2 heterocycles. The Labute approximate surface area is 161 Å². The van der Waals surface area contributed by atoms with Crippen LogP contribution in [0.2, 0.25) is 0 Å². The smallest absolute Gasteiger partial charge is 0.184 e. The van der Waals surface area contributed by atoms with Gasteiger partial charge in [-0.05, 0) is 29.6 Å². The number of hydrogen-bond acceptors (Lipinski definition) is 3. The topological polar surface area (TPSA) is 47.1 Å². The average Bonchev–Trinajstić information content (AvgIpc) is 3.31. The molecule has 0 bridgehead atoms. The largest absolute Gasteiger partial charge is 0.346 e. The normalized spacial score (nSPS) is 14.9. The molecule has 1 unspecified atom stereocenters. The van der Waals surface area contributed by atoms with Crippen molar-refractivity contribution in [1.29, 1.82) is 0 Å². The molecule has 0 aliphatic carbocycles. The molecule has 1 atom stereocenters. The number of H-pyrrole nitrogens is 1. The van der Waals surface area contributed by atoms with Gasteiger partial charge in [-0.3, -0.25) is 5.10 Å². The van der Waals surface area contributed by atoms with Crippen molar-refractivity contribution in [3.8, 4) is 11.3 Å². The van der Waals surface area contributed by atoms with Gasteiger partial charge in [0.15, 0.2) is 6.29 Å². The maximum absolute atomic E-state index is 14.0. The summed E-state index contributed by atoms with van der Waals surface area (Å²) in [6, 6.07) is 12.9. The van der Waals surface area contributed by atoms with Gasteiger partial charge in [-0.25, -0.2) is 4.39 Å². The molecule has 2 aromatic carbocycles. The van der Waals surface area contributed by atoms with Crippen molar-refractivity contribution >= 4 is 30.5 Å². The lowest BCUT2D eigenvalue weighted by Gasteiger charge is -2.13. The Morgan fingerprint density at radius 3 is 2.77 bits per heavy atom. The lowest BCUT2D eigenvalue weighted by atomic mass is 10.1. The molecule has 4 nitrogen and oxygen atoms in total. The van der Waals surface area contributed by atoms with Crippen LogP contribution in [-0.4, -0.2) is 23.4 Å². The number of ether oxygens (including phenoxy) is 2. The van der Waals surface area contributed by atoms with Gasteiger partial charge in [0.2, 0.25) is 0 Å². The minimum Gasteiger partial charge on any atom is -0.346 e. The molecule has 0 amide bonds. The van der Waals surface area contributed by atoms with Crippen molar-refractivity contribution in [2.24, 2.45) is 0 Å². The lowest BCUT2D eigenvalue weighted by Crippen LogP contribution is -2.09. The van der Waals surface area contributed by atoms with Gasteiger partial charge in [0, 0.05) is 33.3 Å². The number of rotatable bonds is 4. The number of aromatic nitrogens is 2. The van der Waals surface area contributed by atoms with Crippen molar-refractivity contribution < 1.29 is 13.9 Å². The summed E-state index contributed by atoms with van der Waals surface area (Å²) in [7, 11) is 2.71. The highest BCUT2D eigenvalue weighted by Crippen LogP contribution is 2.28. The van der Waals surface area contributed by atoms with Gasteiger partial charge in [0.1, 0.15) is 5.82 Å². The second kappa shape index (κ2) is 7.57. The summed E-state index contributed by atoms with van der Waals surface area (Å²) in [6.07, 6.45) is 0.0965. The fourth-order valence-electron chi connectivity index (χ4n) is 2.97. The van der Waals surface area contributed by atoms with Gasteiger partial charge in [0.05, 0.1) is 18.9 Å². The molecule has 1 N–H and O–H groups in total. The van der Waals surface area contributed by atoms with E-state index in [2.05, 4.69) is 35.4 Å². The van der Waals surface area contributed by atoms with Crippen LogP contribution >= 0.6 is 25.2 Å². The molecule has 1 aromatic heterocycles. The zero-order valence-corrected chi connectivity index (χ0v) is 16.6. The summed E-state index contributed by atoms with van der Waals surface area (Å²) in [5.74, 6) is -0.235. The molecule has 1 aliphatic rings. The predicted molar refractivity (Wildman–Crippen MR) is 105 cm³/mol. The second-order valence-electron chi connectivity index (χ2n) is 6.07. The van der Waals surface area contributed by atoms with Crippen LogP contribution in [0, 0.1) is 5.82 Å². The molecule has 1 saturated heterocycles. The third-order valence-electron chi connectivity index (χ3n) is 4.32. The molecule has 4 rings (SSSR count). The first kappa shape index (κ1) is 17.8. The van der Waals surface area contributed by atoms with Gasteiger partial charge in [0.25, 0.3) is 0 Å². The Bertz CT molecular complexity index is 921. The Balaban J connectivity index is 1.61. The van der Waals surface area contributed by atoms with E-state index in [-0.39, 0.29) is 12.1 Å². The van der Waals surface area contributed by atoms with Gasteiger partial charge in [-0.15, -0.1) is 9.24 Å². The third-order valence-corrected chi connectivity index (χ3v) is 5.59. The molecular weight excluding hydrogens is 418 g/mol. The van der Waals surface area contributed by atoms with Crippen LogP contribution in [0.1, 0.15) is 23.1 Å². The summed E-state index contributed by atoms with van der Waals surface area (Å²) in [4.78, 5) is 0. The molecule has 3 aromatic rings. The highest BCUT2D eigenvalue weighted by atomic mass is 79.9. The second-order valence-corrected chi connectivity index (χ2v) is 7.55. The van der Waals surface area contributed by atoms with Crippen molar-refractivity contribution in [2.45, 2.75) is 12.7 Å². The van der Waals surface area contributed by atoms with E-state index in [1.165, 1.54) is 6.07 Å². The van der Waals surface area contributed by atoms with Crippen LogP contribution in [0.25, 0.3) is 11.3 Å². The number of benzene rings is 2. The van der Waals surface area contributed by atoms with Crippen molar-refractivity contribution in [3.05, 3.63) is 69.6 Å². The molecule has 0 spiro atoms. The maximum Gasteiger partial charge on any atom is 0.184 e. The van der Waals surface area contributed by atoms with Gasteiger partial charge in [-0.1, -0.05) is 34.1 Å². The van der Waals surface area contributed by atoms with E-state index in [1.807, 2.05) is 30.3 Å². The van der Waals surface area contributed by atoms with E-state index in [1.54, 1.807) is 6.07 Å². The zero-order valence-electron chi connectivity index (χ0n) is 13.8. The molecule has 1 aliphatic heterocycles. The molecule has 134 valence electrons. The highest BCUT2D eigenvalue weighted by molar-refractivity contribution is 9.10. The number of aromatic amines is 1. The van der Waals surface area contributed by atoms with Crippen LogP contribution in [0.3, 0.4) is 0 Å². The fraction of sp³-hybridized carbons (Fsp3) is 0.211. The minimum atomic E-state index is -0.338. The molecule has 7 heteroatoms. The summed E-state index contributed by atoms with van der Waals surface area (Å²) >= 11 is 3.41. The molecule has 1 fully saturated rings. The molecule has 0 radical (unpaired) electrons. The quantitative estimate of drug-likeness (QED) is 0.628. The maximum atomic E-state index is 14.0.